The van der Waals surface area contributed by atoms with Gasteiger partial charge in [-0.3, -0.25) is 14.5 Å². The third kappa shape index (κ3) is 4.36. The van der Waals surface area contributed by atoms with Crippen molar-refractivity contribution in [3.63, 3.8) is 0 Å². The number of hydrogen-bond acceptors (Lipinski definition) is 3. The third-order valence-corrected chi connectivity index (χ3v) is 4.82. The van der Waals surface area contributed by atoms with Gasteiger partial charge in [0.15, 0.2) is 0 Å². The highest BCUT2D eigenvalue weighted by atomic mass is 79.9. The van der Waals surface area contributed by atoms with E-state index in [0.29, 0.717) is 12.1 Å². The van der Waals surface area contributed by atoms with Crippen molar-refractivity contribution in [1.82, 2.24) is 10.2 Å². The van der Waals surface area contributed by atoms with Gasteiger partial charge >= 0.3 is 6.03 Å². The molecule has 2 rings (SSSR count). The number of halogens is 2. The number of rotatable bonds is 5. The fraction of sp³-hybridized carbons (Fsp3) is 0.438. The van der Waals surface area contributed by atoms with E-state index in [9.17, 15) is 14.4 Å². The van der Waals surface area contributed by atoms with Crippen molar-refractivity contribution in [2.45, 2.75) is 33.2 Å². The first kappa shape index (κ1) is 18.9. The first-order valence-electron chi connectivity index (χ1n) is 7.56. The quantitative estimate of drug-likeness (QED) is 0.660. The van der Waals surface area contributed by atoms with Crippen LogP contribution < -0.4 is 10.6 Å². The zero-order chi connectivity index (χ0) is 18.0. The summed E-state index contributed by atoms with van der Waals surface area (Å²) in [5.41, 5.74) is 1.59. The van der Waals surface area contributed by atoms with Gasteiger partial charge in [0.2, 0.25) is 5.91 Å². The first-order chi connectivity index (χ1) is 11.2. The molecule has 1 atom stereocenters. The Balaban J connectivity index is 2.05. The van der Waals surface area contributed by atoms with Crippen LogP contribution in [-0.4, -0.2) is 35.3 Å². The molecule has 0 spiro atoms. The van der Waals surface area contributed by atoms with Gasteiger partial charge in [-0.05, 0) is 68.8 Å². The maximum absolute atomic E-state index is 12.3. The second-order valence-electron chi connectivity index (χ2n) is 6.21. The first-order valence-corrected chi connectivity index (χ1v) is 9.15. The van der Waals surface area contributed by atoms with E-state index in [2.05, 4.69) is 42.5 Å². The summed E-state index contributed by atoms with van der Waals surface area (Å²) >= 11 is 6.79. The zero-order valence-corrected chi connectivity index (χ0v) is 16.8. The van der Waals surface area contributed by atoms with Crippen LogP contribution in [0.15, 0.2) is 21.1 Å². The number of carbonyl (C=O) groups is 3. The highest BCUT2D eigenvalue weighted by Crippen LogP contribution is 2.32. The summed E-state index contributed by atoms with van der Waals surface area (Å²) in [6.45, 7) is 5.57. The molecule has 1 aromatic carbocycles. The monoisotopic (exact) mass is 459 g/mol. The van der Waals surface area contributed by atoms with Crippen LogP contribution >= 0.6 is 31.9 Å². The van der Waals surface area contributed by atoms with Crippen molar-refractivity contribution >= 4 is 55.4 Å². The Hall–Kier alpha value is -1.41. The molecule has 8 heteroatoms. The predicted molar refractivity (Wildman–Crippen MR) is 98.7 cm³/mol. The number of carbonyl (C=O) groups excluding carboxylic acids is 3. The maximum atomic E-state index is 12.3. The van der Waals surface area contributed by atoms with Gasteiger partial charge in [-0.2, -0.15) is 0 Å². The molecule has 1 heterocycles. The van der Waals surface area contributed by atoms with E-state index in [4.69, 9.17) is 0 Å². The molecule has 1 aliphatic heterocycles. The smallest absolute Gasteiger partial charge is 0.325 e. The number of amides is 4. The van der Waals surface area contributed by atoms with Gasteiger partial charge < -0.3 is 10.6 Å². The van der Waals surface area contributed by atoms with Gasteiger partial charge in [0.25, 0.3) is 5.91 Å². The van der Waals surface area contributed by atoms with Gasteiger partial charge in [0.1, 0.15) is 12.6 Å². The molecule has 0 saturated carbocycles. The van der Waals surface area contributed by atoms with Crippen molar-refractivity contribution in [2.75, 3.05) is 11.9 Å². The van der Waals surface area contributed by atoms with E-state index >= 15 is 0 Å². The predicted octanol–water partition coefficient (Wildman–Crippen LogP) is 3.43. The Morgan fingerprint density at radius 1 is 1.29 bits per heavy atom. The highest BCUT2D eigenvalue weighted by Gasteiger charge is 2.39. The summed E-state index contributed by atoms with van der Waals surface area (Å²) in [7, 11) is 0. The lowest BCUT2D eigenvalue weighted by Gasteiger charge is -2.15. The van der Waals surface area contributed by atoms with E-state index in [1.165, 1.54) is 0 Å². The fourth-order valence-electron chi connectivity index (χ4n) is 2.50. The van der Waals surface area contributed by atoms with Crippen LogP contribution in [0.25, 0.3) is 0 Å². The highest BCUT2D eigenvalue weighted by molar-refractivity contribution is 9.11. The molecular weight excluding hydrogens is 442 g/mol. The zero-order valence-electron chi connectivity index (χ0n) is 13.7. The molecule has 1 aliphatic rings. The minimum atomic E-state index is -0.553. The number of aryl methyl sites for hydroxylation is 1. The SMILES string of the molecule is Cc1cc(Br)c(NC(=O)CN2C(=O)NC(CC(C)C)C2=O)c(Br)c1. The second kappa shape index (κ2) is 7.65. The van der Waals surface area contributed by atoms with Crippen LogP contribution in [-0.2, 0) is 9.59 Å². The molecule has 0 radical (unpaired) electrons. The molecule has 1 unspecified atom stereocenters. The van der Waals surface area contributed by atoms with E-state index < -0.39 is 18.0 Å². The second-order valence-corrected chi connectivity index (χ2v) is 7.92. The van der Waals surface area contributed by atoms with Gasteiger partial charge in [0, 0.05) is 8.95 Å². The van der Waals surface area contributed by atoms with Crippen LogP contribution in [0, 0.1) is 12.8 Å². The molecule has 0 aromatic heterocycles. The number of benzene rings is 1. The molecule has 2 N–H and O–H groups in total. The van der Waals surface area contributed by atoms with E-state index in [1.807, 2.05) is 32.9 Å². The van der Waals surface area contributed by atoms with E-state index in [0.717, 1.165) is 19.4 Å². The molecule has 6 nitrogen and oxygen atoms in total. The summed E-state index contributed by atoms with van der Waals surface area (Å²) in [6.07, 6.45) is 0.553. The van der Waals surface area contributed by atoms with Gasteiger partial charge in [-0.25, -0.2) is 4.79 Å². The number of nitrogens with one attached hydrogen (secondary N) is 2. The fourth-order valence-corrected chi connectivity index (χ4v) is 4.11. The van der Waals surface area contributed by atoms with Crippen molar-refractivity contribution in [3.8, 4) is 0 Å². The molecule has 1 saturated heterocycles. The van der Waals surface area contributed by atoms with Crippen molar-refractivity contribution in [2.24, 2.45) is 5.92 Å². The average Bonchev–Trinajstić information content (AvgIpc) is 2.70. The Morgan fingerprint density at radius 2 is 1.88 bits per heavy atom. The summed E-state index contributed by atoms with van der Waals surface area (Å²) in [4.78, 5) is 37.4. The third-order valence-electron chi connectivity index (χ3n) is 3.57. The molecule has 24 heavy (non-hydrogen) atoms. The van der Waals surface area contributed by atoms with Crippen LogP contribution in [0.5, 0.6) is 0 Å². The maximum Gasteiger partial charge on any atom is 0.325 e. The summed E-state index contributed by atoms with van der Waals surface area (Å²) < 4.78 is 1.44. The lowest BCUT2D eigenvalue weighted by atomic mass is 10.0. The summed E-state index contributed by atoms with van der Waals surface area (Å²) in [5, 5.41) is 5.35. The van der Waals surface area contributed by atoms with Crippen LogP contribution in [0.2, 0.25) is 0 Å². The Kier molecular flexibility index (Phi) is 6.03. The molecule has 1 fully saturated rings. The number of imide groups is 1. The average molecular weight is 461 g/mol. The van der Waals surface area contributed by atoms with Gasteiger partial charge in [-0.1, -0.05) is 13.8 Å². The normalized spacial score (nSPS) is 17.4. The molecule has 1 aromatic rings. The minimum absolute atomic E-state index is 0.271. The standard InChI is InChI=1S/C16H19Br2N3O3/c1-8(2)4-12-15(23)21(16(24)19-12)7-13(22)20-14-10(17)5-9(3)6-11(14)18/h5-6,8,12H,4,7H2,1-3H3,(H,19,24)(H,20,22). The van der Waals surface area contributed by atoms with Gasteiger partial charge in [0.05, 0.1) is 5.69 Å². The number of urea groups is 1. The lowest BCUT2D eigenvalue weighted by Crippen LogP contribution is -2.38. The Morgan fingerprint density at radius 3 is 2.42 bits per heavy atom. The topological polar surface area (TPSA) is 78.5 Å². The summed E-state index contributed by atoms with van der Waals surface area (Å²) in [5.74, 6) is -0.521. The molecule has 130 valence electrons. The van der Waals surface area contributed by atoms with E-state index in [1.54, 1.807) is 0 Å². The van der Waals surface area contributed by atoms with E-state index in [-0.39, 0.29) is 18.4 Å². The van der Waals surface area contributed by atoms with Crippen LogP contribution in [0.4, 0.5) is 10.5 Å². The minimum Gasteiger partial charge on any atom is -0.326 e. The lowest BCUT2D eigenvalue weighted by molar-refractivity contribution is -0.131. The van der Waals surface area contributed by atoms with Crippen molar-refractivity contribution in [3.05, 3.63) is 26.6 Å². The molecule has 0 aliphatic carbocycles. The Labute approximate surface area is 157 Å². The van der Waals surface area contributed by atoms with Crippen LogP contribution in [0.1, 0.15) is 25.8 Å². The van der Waals surface area contributed by atoms with Gasteiger partial charge in [-0.15, -0.1) is 0 Å². The van der Waals surface area contributed by atoms with Crippen molar-refractivity contribution < 1.29 is 14.4 Å². The molecule has 4 amide bonds. The number of anilines is 1. The van der Waals surface area contributed by atoms with Crippen molar-refractivity contribution in [1.29, 1.82) is 0 Å². The van der Waals surface area contributed by atoms with Crippen LogP contribution in [0.3, 0.4) is 0 Å². The summed E-state index contributed by atoms with van der Waals surface area (Å²) in [6, 6.07) is 2.66. The Bertz CT molecular complexity index is 668. The molecule has 0 bridgehead atoms. The number of nitrogens with zero attached hydrogens (tertiary/aromatic N) is 1. The largest absolute Gasteiger partial charge is 0.326 e. The molecular formula is C16H19Br2N3O3. The number of hydrogen-bond donors (Lipinski definition) is 2.